The number of benzene rings is 2. The Kier molecular flexibility index (Phi) is 3.28. The number of rotatable bonds is 2. The molecule has 0 heterocycles. The molecule has 0 amide bonds. The zero-order valence-electron chi connectivity index (χ0n) is 9.58. The zero-order valence-corrected chi connectivity index (χ0v) is 9.58. The molecule has 1 nitrogen and oxygen atoms in total. The summed E-state index contributed by atoms with van der Waals surface area (Å²) in [4.78, 5) is 0. The van der Waals surface area contributed by atoms with E-state index < -0.39 is 11.7 Å². The van der Waals surface area contributed by atoms with Crippen LogP contribution in [0.1, 0.15) is 5.56 Å². The van der Waals surface area contributed by atoms with Crippen molar-refractivity contribution in [2.45, 2.75) is 6.18 Å². The molecule has 2 rings (SSSR count). The van der Waals surface area contributed by atoms with Crippen LogP contribution >= 0.6 is 0 Å². The van der Waals surface area contributed by atoms with E-state index in [9.17, 15) is 13.2 Å². The van der Waals surface area contributed by atoms with Gasteiger partial charge in [0.25, 0.3) is 0 Å². The lowest BCUT2D eigenvalue weighted by molar-refractivity contribution is -0.137. The molecule has 0 fully saturated rings. The molecule has 0 saturated carbocycles. The first kappa shape index (κ1) is 12.5. The van der Waals surface area contributed by atoms with Gasteiger partial charge in [-0.25, -0.2) is 0 Å². The molecule has 2 aromatic rings. The topological polar surface area (TPSA) is 9.23 Å². The van der Waals surface area contributed by atoms with Gasteiger partial charge in [-0.3, -0.25) is 0 Å². The largest absolute Gasteiger partial charge is 0.497 e. The molecule has 0 aliphatic carbocycles. The van der Waals surface area contributed by atoms with Crippen LogP contribution < -0.4 is 4.74 Å². The van der Waals surface area contributed by atoms with Gasteiger partial charge in [-0.05, 0) is 29.8 Å². The Balaban J connectivity index is 2.50. The number of hydrogen-bond acceptors (Lipinski definition) is 1. The smallest absolute Gasteiger partial charge is 0.417 e. The number of hydrogen-bond donors (Lipinski definition) is 0. The number of methoxy groups -OCH3 is 1. The van der Waals surface area contributed by atoms with Crippen molar-refractivity contribution in [2.75, 3.05) is 7.11 Å². The van der Waals surface area contributed by atoms with Crippen molar-refractivity contribution in [3.63, 3.8) is 0 Å². The summed E-state index contributed by atoms with van der Waals surface area (Å²) < 4.78 is 43.5. The maximum atomic E-state index is 12.8. The van der Waals surface area contributed by atoms with E-state index in [-0.39, 0.29) is 5.56 Å². The monoisotopic (exact) mass is 251 g/mol. The SMILES string of the molecule is COc1ccc(-c2[c]cccc2C(F)(F)F)cc1. The van der Waals surface area contributed by atoms with Crippen LogP contribution in [0.2, 0.25) is 0 Å². The molecule has 18 heavy (non-hydrogen) atoms. The van der Waals surface area contributed by atoms with Crippen molar-refractivity contribution in [1.82, 2.24) is 0 Å². The minimum Gasteiger partial charge on any atom is -0.497 e. The molecular weight excluding hydrogens is 241 g/mol. The second-order valence-corrected chi connectivity index (χ2v) is 3.69. The highest BCUT2D eigenvalue weighted by molar-refractivity contribution is 5.68. The van der Waals surface area contributed by atoms with Gasteiger partial charge in [0.05, 0.1) is 12.7 Å². The lowest BCUT2D eigenvalue weighted by Gasteiger charge is -2.12. The molecule has 0 spiro atoms. The van der Waals surface area contributed by atoms with E-state index in [0.717, 1.165) is 6.07 Å². The highest BCUT2D eigenvalue weighted by Gasteiger charge is 2.33. The van der Waals surface area contributed by atoms with Gasteiger partial charge in [-0.2, -0.15) is 13.2 Å². The fourth-order valence-corrected chi connectivity index (χ4v) is 1.67. The summed E-state index contributed by atoms with van der Waals surface area (Å²) in [5, 5.41) is 0. The predicted octanol–water partition coefficient (Wildman–Crippen LogP) is 4.18. The first-order chi connectivity index (χ1) is 8.52. The summed E-state index contributed by atoms with van der Waals surface area (Å²) in [6, 6.07) is 12.9. The van der Waals surface area contributed by atoms with E-state index in [4.69, 9.17) is 4.74 Å². The van der Waals surface area contributed by atoms with Crippen molar-refractivity contribution in [2.24, 2.45) is 0 Å². The second-order valence-electron chi connectivity index (χ2n) is 3.69. The molecule has 0 aliphatic rings. The van der Waals surface area contributed by atoms with Crippen LogP contribution in [0.15, 0.2) is 42.5 Å². The summed E-state index contributed by atoms with van der Waals surface area (Å²) in [6.45, 7) is 0. The normalized spacial score (nSPS) is 11.3. The van der Waals surface area contributed by atoms with E-state index in [1.54, 1.807) is 24.3 Å². The van der Waals surface area contributed by atoms with Crippen molar-refractivity contribution in [1.29, 1.82) is 0 Å². The van der Waals surface area contributed by atoms with Crippen LogP contribution in [0.5, 0.6) is 5.75 Å². The van der Waals surface area contributed by atoms with E-state index in [0.29, 0.717) is 11.3 Å². The fourth-order valence-electron chi connectivity index (χ4n) is 1.67. The van der Waals surface area contributed by atoms with Crippen LogP contribution in [0, 0.1) is 6.07 Å². The summed E-state index contributed by atoms with van der Waals surface area (Å²) >= 11 is 0. The van der Waals surface area contributed by atoms with Crippen molar-refractivity contribution >= 4 is 0 Å². The minimum absolute atomic E-state index is 0.0488. The van der Waals surface area contributed by atoms with Crippen LogP contribution in [0.25, 0.3) is 11.1 Å². The summed E-state index contributed by atoms with van der Waals surface area (Å²) in [7, 11) is 1.50. The number of alkyl halides is 3. The molecule has 0 bridgehead atoms. The molecule has 0 aromatic heterocycles. The van der Waals surface area contributed by atoms with Crippen LogP contribution in [-0.4, -0.2) is 7.11 Å². The maximum Gasteiger partial charge on any atom is 0.417 e. The Hall–Kier alpha value is -1.97. The molecule has 0 unspecified atom stereocenters. The van der Waals surface area contributed by atoms with E-state index in [1.165, 1.54) is 19.2 Å². The molecule has 0 aliphatic heterocycles. The van der Waals surface area contributed by atoms with Gasteiger partial charge in [0.1, 0.15) is 5.75 Å². The standard InChI is InChI=1S/C14H10F3O/c1-18-11-8-6-10(7-9-11)12-4-2-3-5-13(12)14(15,16)17/h2-3,5-9H,1H3. The zero-order chi connectivity index (χ0) is 13.2. The Morgan fingerprint density at radius 3 is 2.28 bits per heavy atom. The molecule has 0 N–H and O–H groups in total. The molecule has 2 aromatic carbocycles. The molecular formula is C14H10F3O. The Morgan fingerprint density at radius 1 is 1.06 bits per heavy atom. The first-order valence-corrected chi connectivity index (χ1v) is 5.24. The van der Waals surface area contributed by atoms with Gasteiger partial charge in [0, 0.05) is 5.56 Å². The summed E-state index contributed by atoms with van der Waals surface area (Å²) in [5.41, 5.74) is -0.174. The second kappa shape index (κ2) is 4.72. The van der Waals surface area contributed by atoms with Gasteiger partial charge >= 0.3 is 6.18 Å². The summed E-state index contributed by atoms with van der Waals surface area (Å²) in [6.07, 6.45) is -4.38. The first-order valence-electron chi connectivity index (χ1n) is 5.24. The molecule has 93 valence electrons. The van der Waals surface area contributed by atoms with Gasteiger partial charge in [0.15, 0.2) is 0 Å². The third-order valence-corrected chi connectivity index (χ3v) is 2.54. The highest BCUT2D eigenvalue weighted by Crippen LogP contribution is 2.36. The van der Waals surface area contributed by atoms with E-state index >= 15 is 0 Å². The van der Waals surface area contributed by atoms with E-state index in [1.807, 2.05) is 0 Å². The average molecular weight is 251 g/mol. The third-order valence-electron chi connectivity index (χ3n) is 2.54. The Bertz CT molecular complexity index is 529. The molecule has 0 atom stereocenters. The van der Waals surface area contributed by atoms with Crippen molar-refractivity contribution < 1.29 is 17.9 Å². The minimum atomic E-state index is -4.38. The number of ether oxygens (including phenoxy) is 1. The van der Waals surface area contributed by atoms with Crippen molar-refractivity contribution in [3.05, 3.63) is 54.1 Å². The summed E-state index contributed by atoms with van der Waals surface area (Å²) in [5.74, 6) is 0.600. The quantitative estimate of drug-likeness (QED) is 0.778. The molecule has 4 heteroatoms. The van der Waals surface area contributed by atoms with Crippen LogP contribution in [-0.2, 0) is 6.18 Å². The lowest BCUT2D eigenvalue weighted by atomic mass is 9.99. The Morgan fingerprint density at radius 2 is 1.72 bits per heavy atom. The van der Waals surface area contributed by atoms with Crippen molar-refractivity contribution in [3.8, 4) is 16.9 Å². The van der Waals surface area contributed by atoms with Crippen LogP contribution in [0.3, 0.4) is 0 Å². The van der Waals surface area contributed by atoms with Gasteiger partial charge in [-0.1, -0.05) is 24.3 Å². The molecule has 1 radical (unpaired) electrons. The Labute approximate surface area is 103 Å². The highest BCUT2D eigenvalue weighted by atomic mass is 19.4. The van der Waals surface area contributed by atoms with Gasteiger partial charge in [-0.15, -0.1) is 0 Å². The average Bonchev–Trinajstić information content (AvgIpc) is 2.38. The fraction of sp³-hybridized carbons (Fsp3) is 0.143. The third kappa shape index (κ3) is 2.47. The number of halogens is 3. The van der Waals surface area contributed by atoms with Gasteiger partial charge in [0.2, 0.25) is 0 Å². The van der Waals surface area contributed by atoms with Crippen LogP contribution in [0.4, 0.5) is 13.2 Å². The van der Waals surface area contributed by atoms with Gasteiger partial charge < -0.3 is 4.74 Å². The maximum absolute atomic E-state index is 12.8. The van der Waals surface area contributed by atoms with E-state index in [2.05, 4.69) is 6.07 Å². The predicted molar refractivity (Wildman–Crippen MR) is 62.3 cm³/mol. The molecule has 0 saturated heterocycles. The lowest BCUT2D eigenvalue weighted by Crippen LogP contribution is -2.06.